The van der Waals surface area contributed by atoms with Crippen LogP contribution in [0.4, 0.5) is 0 Å². The average molecular weight is 442 g/mol. The number of methoxy groups -OCH3 is 1. The van der Waals surface area contributed by atoms with Crippen LogP contribution in [0.2, 0.25) is 0 Å². The third-order valence-corrected chi connectivity index (χ3v) is 5.48. The summed E-state index contributed by atoms with van der Waals surface area (Å²) in [5.41, 5.74) is 10.0. The van der Waals surface area contributed by atoms with Crippen molar-refractivity contribution in [2.45, 2.75) is 24.3 Å². The van der Waals surface area contributed by atoms with Gasteiger partial charge >= 0.3 is 11.7 Å². The van der Waals surface area contributed by atoms with Crippen LogP contribution in [0, 0.1) is 6.92 Å². The number of benzene rings is 2. The third-order valence-electron chi connectivity index (χ3n) is 4.28. The molecule has 2 aromatic rings. The first-order valence-corrected chi connectivity index (χ1v) is 10.5. The molecule has 9 heteroatoms. The number of carbonyl (C=O) groups excluding carboxylic acids is 2. The molecular weight excluding hydrogens is 418 g/mol. The zero-order valence-electron chi connectivity index (χ0n) is 17.2. The van der Waals surface area contributed by atoms with Crippen LogP contribution < -0.4 is 9.46 Å². The van der Waals surface area contributed by atoms with Crippen LogP contribution in [-0.2, 0) is 25.3 Å². The average Bonchev–Trinajstić information content (AvgIpc) is 2.78. The topological polar surface area (TPSA) is 118 Å². The van der Waals surface area contributed by atoms with E-state index in [4.69, 9.17) is 15.0 Å². The summed E-state index contributed by atoms with van der Waals surface area (Å²) in [6.07, 6.45) is 1.02. The quantitative estimate of drug-likeness (QED) is 0.144. The van der Waals surface area contributed by atoms with Gasteiger partial charge in [-0.25, -0.2) is 13.7 Å². The first-order chi connectivity index (χ1) is 14.9. The molecule has 1 unspecified atom stereocenters. The van der Waals surface area contributed by atoms with Crippen molar-refractivity contribution >= 4 is 28.4 Å². The van der Waals surface area contributed by atoms with Crippen molar-refractivity contribution < 1.29 is 28.1 Å². The van der Waals surface area contributed by atoms with Crippen molar-refractivity contribution in [3.8, 4) is 5.75 Å². The Kier molecular flexibility index (Phi) is 9.02. The number of nitrogens with zero attached hydrogens (tertiary/aromatic N) is 2. The van der Waals surface area contributed by atoms with Crippen molar-refractivity contribution in [2.75, 3.05) is 13.7 Å². The van der Waals surface area contributed by atoms with Gasteiger partial charge in [0.05, 0.1) is 18.0 Å². The molecule has 0 aliphatic heterocycles. The minimum Gasteiger partial charge on any atom is -0.497 e. The van der Waals surface area contributed by atoms with Gasteiger partial charge < -0.3 is 15.0 Å². The summed E-state index contributed by atoms with van der Waals surface area (Å²) >= 11 is 0. The van der Waals surface area contributed by atoms with Crippen LogP contribution in [0.1, 0.15) is 23.6 Å². The Bertz CT molecular complexity index is 1010. The van der Waals surface area contributed by atoms with Crippen LogP contribution in [0.25, 0.3) is 5.53 Å². The maximum atomic E-state index is 12.8. The maximum Gasteiger partial charge on any atom is 0.441 e. The molecule has 1 N–H and O–H groups in total. The number of Topliss-reactive ketones (excluding diaryl/α,β-unsaturated/α-hetero) is 1. The van der Waals surface area contributed by atoms with Gasteiger partial charge in [-0.3, -0.25) is 4.79 Å². The highest BCUT2D eigenvalue weighted by molar-refractivity contribution is 7.83. The third kappa shape index (κ3) is 6.82. The molecule has 0 heterocycles. The van der Waals surface area contributed by atoms with E-state index in [-0.39, 0.29) is 13.0 Å². The second kappa shape index (κ2) is 11.7. The van der Waals surface area contributed by atoms with Gasteiger partial charge in [-0.15, -0.1) is 0 Å². The number of ether oxygens (including phenoxy) is 2. The van der Waals surface area contributed by atoms with E-state index in [1.165, 1.54) is 13.2 Å². The van der Waals surface area contributed by atoms with Gasteiger partial charge in [0.1, 0.15) is 23.3 Å². The lowest BCUT2D eigenvalue weighted by Crippen LogP contribution is -2.32. The summed E-state index contributed by atoms with van der Waals surface area (Å²) < 4.78 is 25.7. The number of ketones is 1. The number of nitrogens with one attached hydrogen (secondary N) is 1. The fraction of sp³-hybridized carbons (Fsp3) is 0.227. The molecule has 2 atom stereocenters. The number of hydrogen-bond acceptors (Lipinski definition) is 5. The van der Waals surface area contributed by atoms with Crippen molar-refractivity contribution in [2.24, 2.45) is 0 Å². The minimum atomic E-state index is -1.64. The number of rotatable bonds is 11. The molecule has 0 spiro atoms. The number of hydrogen-bond donors (Lipinski definition) is 1. The van der Waals surface area contributed by atoms with Gasteiger partial charge in [0.15, 0.2) is 0 Å². The molecule has 0 saturated heterocycles. The molecular formula is C22H23N3O5S. The van der Waals surface area contributed by atoms with Gasteiger partial charge in [0.25, 0.3) is 5.78 Å². The molecule has 2 rings (SSSR count). The highest BCUT2D eigenvalue weighted by atomic mass is 32.2. The van der Waals surface area contributed by atoms with E-state index >= 15 is 0 Å². The summed E-state index contributed by atoms with van der Waals surface area (Å²) in [6, 6.07) is 13.2. The fourth-order valence-electron chi connectivity index (χ4n) is 2.62. The fourth-order valence-corrected chi connectivity index (χ4v) is 3.62. The summed E-state index contributed by atoms with van der Waals surface area (Å²) in [4.78, 5) is 28.0. The normalized spacial score (nSPS) is 12.2. The molecule has 0 bridgehead atoms. The lowest BCUT2D eigenvalue weighted by Gasteiger charge is -2.18. The zero-order chi connectivity index (χ0) is 22.8. The smallest absolute Gasteiger partial charge is 0.441 e. The number of aryl methyl sites for hydroxylation is 1. The van der Waals surface area contributed by atoms with E-state index in [9.17, 15) is 13.8 Å². The van der Waals surface area contributed by atoms with Crippen LogP contribution >= 0.6 is 0 Å². The van der Waals surface area contributed by atoms with E-state index in [2.05, 4.69) is 16.1 Å². The van der Waals surface area contributed by atoms with E-state index < -0.39 is 34.5 Å². The summed E-state index contributed by atoms with van der Waals surface area (Å²) in [6.45, 7) is 5.19. The van der Waals surface area contributed by atoms with Crippen LogP contribution in [-0.4, -0.2) is 40.2 Å². The molecule has 0 radical (unpaired) electrons. The monoisotopic (exact) mass is 441 g/mol. The van der Waals surface area contributed by atoms with E-state index in [1.54, 1.807) is 36.4 Å². The SMILES string of the molecule is C=CCOC(=O)C(=[N+]=[N-])C(=O)C[C@@H](NS(=O)c1ccc(C)cc1)c1ccc(OC)cc1. The van der Waals surface area contributed by atoms with Crippen molar-refractivity contribution in [1.82, 2.24) is 4.72 Å². The predicted octanol–water partition coefficient (Wildman–Crippen LogP) is 2.72. The predicted molar refractivity (Wildman–Crippen MR) is 116 cm³/mol. The van der Waals surface area contributed by atoms with Gasteiger partial charge in [0.2, 0.25) is 0 Å². The Morgan fingerprint density at radius 2 is 1.84 bits per heavy atom. The Labute approximate surface area is 183 Å². The molecule has 0 aromatic heterocycles. The summed E-state index contributed by atoms with van der Waals surface area (Å²) in [5.74, 6) is -1.23. The van der Waals surface area contributed by atoms with Gasteiger partial charge in [-0.05, 0) is 36.8 Å². The number of esters is 1. The molecule has 0 amide bonds. The second-order valence-corrected chi connectivity index (χ2v) is 7.73. The van der Waals surface area contributed by atoms with Crippen LogP contribution in [0.5, 0.6) is 5.75 Å². The summed E-state index contributed by atoms with van der Waals surface area (Å²) in [7, 11) is -0.114. The molecule has 162 valence electrons. The molecule has 31 heavy (non-hydrogen) atoms. The molecule has 0 fully saturated rings. The second-order valence-electron chi connectivity index (χ2n) is 6.49. The van der Waals surface area contributed by atoms with Crippen molar-refractivity contribution in [3.05, 3.63) is 77.8 Å². The minimum absolute atomic E-state index is 0.136. The largest absolute Gasteiger partial charge is 0.497 e. The Morgan fingerprint density at radius 1 is 1.19 bits per heavy atom. The maximum absolute atomic E-state index is 12.8. The van der Waals surface area contributed by atoms with Crippen LogP contribution in [0.15, 0.2) is 66.1 Å². The highest BCUT2D eigenvalue weighted by Crippen LogP contribution is 2.22. The zero-order valence-corrected chi connectivity index (χ0v) is 18.1. The van der Waals surface area contributed by atoms with Gasteiger partial charge in [0, 0.05) is 6.42 Å². The van der Waals surface area contributed by atoms with Crippen molar-refractivity contribution in [1.29, 1.82) is 0 Å². The van der Waals surface area contributed by atoms with Crippen LogP contribution in [0.3, 0.4) is 0 Å². The molecule has 0 aliphatic rings. The molecule has 2 aromatic carbocycles. The van der Waals surface area contributed by atoms with Crippen molar-refractivity contribution in [3.63, 3.8) is 0 Å². The van der Waals surface area contributed by atoms with Gasteiger partial charge in [-0.1, -0.05) is 42.5 Å². The van der Waals surface area contributed by atoms with Gasteiger partial charge in [-0.2, -0.15) is 4.79 Å². The standard InChI is InChI=1S/C22H23N3O5S/c1-4-13-30-22(27)21(24-23)20(26)14-19(16-7-9-17(29-3)10-8-16)25-31(28)18-11-5-15(2)6-12-18/h4-12,19,25H,1,13-14H2,2-3H3/t19-,31?/m1/s1. The molecule has 8 nitrogen and oxygen atoms in total. The van der Waals surface area contributed by atoms with E-state index in [0.29, 0.717) is 16.2 Å². The van der Waals surface area contributed by atoms with E-state index in [0.717, 1.165) is 5.56 Å². The summed E-state index contributed by atoms with van der Waals surface area (Å²) in [5, 5.41) is 0. The number of carbonyl (C=O) groups is 2. The Morgan fingerprint density at radius 3 is 2.39 bits per heavy atom. The Hall–Kier alpha value is -3.39. The highest BCUT2D eigenvalue weighted by Gasteiger charge is 2.33. The lowest BCUT2D eigenvalue weighted by molar-refractivity contribution is -0.141. The molecule has 0 saturated carbocycles. The Balaban J connectivity index is 2.28. The van der Waals surface area contributed by atoms with E-state index in [1.807, 2.05) is 19.1 Å². The molecule has 0 aliphatic carbocycles. The first-order valence-electron chi connectivity index (χ1n) is 9.31. The first kappa shape index (κ1) is 23.9. The lowest BCUT2D eigenvalue weighted by atomic mass is 10.00.